The number of rotatable bonds is 6. The number of thioether (sulfide) groups is 1. The van der Waals surface area contributed by atoms with Gasteiger partial charge in [0.05, 0.1) is 6.61 Å². The van der Waals surface area contributed by atoms with E-state index in [1.807, 2.05) is 32.2 Å². The first-order valence-electron chi connectivity index (χ1n) is 5.45. The second-order valence-electron chi connectivity index (χ2n) is 3.32. The molecule has 0 aliphatic carbocycles. The highest BCUT2D eigenvalue weighted by molar-refractivity contribution is 7.99. The molecule has 0 amide bonds. The largest absolute Gasteiger partial charge is 0.465 e. The fraction of sp³-hybridized carbons (Fsp3) is 0.500. The van der Waals surface area contributed by atoms with Crippen molar-refractivity contribution < 1.29 is 9.53 Å². The molecule has 1 heterocycles. The molecule has 0 bridgehead atoms. The average Bonchev–Trinajstić information content (AvgIpc) is 2.31. The maximum atomic E-state index is 11.5. The zero-order valence-electron chi connectivity index (χ0n) is 9.68. The van der Waals surface area contributed by atoms with Crippen LogP contribution < -0.4 is 0 Å². The van der Waals surface area contributed by atoms with Crippen LogP contribution in [-0.2, 0) is 15.3 Å². The number of aromatic nitrogens is 1. The van der Waals surface area contributed by atoms with Crippen LogP contribution in [0.25, 0.3) is 0 Å². The van der Waals surface area contributed by atoms with Crippen molar-refractivity contribution >= 4 is 17.7 Å². The second kappa shape index (κ2) is 7.28. The van der Waals surface area contributed by atoms with Crippen LogP contribution in [0.2, 0.25) is 0 Å². The zero-order valence-corrected chi connectivity index (χ0v) is 10.5. The fourth-order valence-electron chi connectivity index (χ4n) is 1.27. The Morgan fingerprint density at radius 3 is 2.94 bits per heavy atom. The molecule has 3 nitrogen and oxygen atoms in total. The number of esters is 1. The summed E-state index contributed by atoms with van der Waals surface area (Å²) in [6.07, 6.45) is 4.37. The van der Waals surface area contributed by atoms with Gasteiger partial charge in [-0.15, -0.1) is 11.8 Å². The van der Waals surface area contributed by atoms with Crippen LogP contribution in [0.1, 0.15) is 25.8 Å². The Morgan fingerprint density at radius 1 is 1.56 bits per heavy atom. The minimum atomic E-state index is -0.112. The van der Waals surface area contributed by atoms with Gasteiger partial charge in [-0.25, -0.2) is 0 Å². The van der Waals surface area contributed by atoms with E-state index in [4.69, 9.17) is 4.74 Å². The van der Waals surface area contributed by atoms with Gasteiger partial charge < -0.3 is 4.74 Å². The molecule has 0 saturated carbocycles. The van der Waals surface area contributed by atoms with Gasteiger partial charge in [-0.2, -0.15) is 0 Å². The van der Waals surface area contributed by atoms with Gasteiger partial charge in [-0.05, 0) is 25.0 Å². The highest BCUT2D eigenvalue weighted by Gasteiger charge is 2.17. The summed E-state index contributed by atoms with van der Waals surface area (Å²) >= 11 is 1.61. The number of nitrogens with zero attached hydrogens (tertiary/aromatic N) is 1. The van der Waals surface area contributed by atoms with E-state index >= 15 is 0 Å². The SMILES string of the molecule is CCOC(=O)[C@@H](CC)SCc1cccnc1. The Labute approximate surface area is 101 Å². The maximum Gasteiger partial charge on any atom is 0.319 e. The molecule has 0 N–H and O–H groups in total. The van der Waals surface area contributed by atoms with Crippen molar-refractivity contribution in [2.24, 2.45) is 0 Å². The lowest BCUT2D eigenvalue weighted by atomic mass is 10.3. The van der Waals surface area contributed by atoms with Crippen molar-refractivity contribution in [1.82, 2.24) is 4.98 Å². The van der Waals surface area contributed by atoms with E-state index in [1.165, 1.54) is 0 Å². The molecule has 0 aromatic carbocycles. The highest BCUT2D eigenvalue weighted by Crippen LogP contribution is 2.20. The summed E-state index contributed by atoms with van der Waals surface area (Å²) in [5.74, 6) is 0.685. The van der Waals surface area contributed by atoms with Gasteiger partial charge in [0.1, 0.15) is 5.25 Å². The molecular weight excluding hydrogens is 222 g/mol. The Hall–Kier alpha value is -1.03. The highest BCUT2D eigenvalue weighted by atomic mass is 32.2. The molecule has 1 rings (SSSR count). The molecule has 0 aliphatic heterocycles. The Bertz CT molecular complexity index is 316. The third kappa shape index (κ3) is 4.23. The van der Waals surface area contributed by atoms with Crippen LogP contribution in [0.5, 0.6) is 0 Å². The van der Waals surface area contributed by atoms with Gasteiger partial charge in [-0.1, -0.05) is 13.0 Å². The van der Waals surface area contributed by atoms with Gasteiger partial charge in [0.2, 0.25) is 0 Å². The van der Waals surface area contributed by atoms with Crippen molar-refractivity contribution in [2.45, 2.75) is 31.3 Å². The molecule has 0 fully saturated rings. The van der Waals surface area contributed by atoms with Crippen LogP contribution in [-0.4, -0.2) is 22.8 Å². The third-order valence-electron chi connectivity index (χ3n) is 2.09. The van der Waals surface area contributed by atoms with Crippen molar-refractivity contribution in [3.63, 3.8) is 0 Å². The summed E-state index contributed by atoms with van der Waals surface area (Å²) < 4.78 is 5.01. The van der Waals surface area contributed by atoms with E-state index in [2.05, 4.69) is 4.98 Å². The topological polar surface area (TPSA) is 39.2 Å². The van der Waals surface area contributed by atoms with Gasteiger partial charge in [0, 0.05) is 18.1 Å². The fourth-order valence-corrected chi connectivity index (χ4v) is 2.27. The molecule has 16 heavy (non-hydrogen) atoms. The first-order chi connectivity index (χ1) is 7.77. The van der Waals surface area contributed by atoms with Gasteiger partial charge in [0.15, 0.2) is 0 Å². The molecule has 0 spiro atoms. The molecule has 1 atom stereocenters. The van der Waals surface area contributed by atoms with Crippen LogP contribution in [0.15, 0.2) is 24.5 Å². The summed E-state index contributed by atoms with van der Waals surface area (Å²) in [6.45, 7) is 4.27. The van der Waals surface area contributed by atoms with Crippen molar-refractivity contribution in [3.8, 4) is 0 Å². The van der Waals surface area contributed by atoms with E-state index in [-0.39, 0.29) is 11.2 Å². The molecule has 1 aromatic heterocycles. The third-order valence-corrected chi connectivity index (χ3v) is 3.52. The molecule has 4 heteroatoms. The number of hydrogen-bond acceptors (Lipinski definition) is 4. The molecule has 0 saturated heterocycles. The summed E-state index contributed by atoms with van der Waals surface area (Å²) in [5.41, 5.74) is 1.13. The quantitative estimate of drug-likeness (QED) is 0.715. The monoisotopic (exact) mass is 239 g/mol. The van der Waals surface area contributed by atoms with Gasteiger partial charge >= 0.3 is 5.97 Å². The summed E-state index contributed by atoms with van der Waals surface area (Å²) in [5, 5.41) is -0.0693. The zero-order chi connectivity index (χ0) is 11.8. The standard InChI is InChI=1S/C12H17NO2S/c1-3-11(12(14)15-4-2)16-9-10-6-5-7-13-8-10/h5-8,11H,3-4,9H2,1-2H3/t11-/m1/s1. The number of carbonyl (C=O) groups excluding carboxylic acids is 1. The summed E-state index contributed by atoms with van der Waals surface area (Å²) in [7, 11) is 0. The number of ether oxygens (including phenoxy) is 1. The average molecular weight is 239 g/mol. The summed E-state index contributed by atoms with van der Waals surface area (Å²) in [6, 6.07) is 3.92. The first-order valence-corrected chi connectivity index (χ1v) is 6.50. The van der Waals surface area contributed by atoms with Crippen LogP contribution in [0, 0.1) is 0 Å². The normalized spacial score (nSPS) is 12.1. The Kier molecular flexibility index (Phi) is 5.93. The van der Waals surface area contributed by atoms with Crippen molar-refractivity contribution in [2.75, 3.05) is 6.61 Å². The van der Waals surface area contributed by atoms with E-state index < -0.39 is 0 Å². The molecule has 1 aromatic rings. The lowest BCUT2D eigenvalue weighted by molar-refractivity contribution is -0.142. The lowest BCUT2D eigenvalue weighted by Crippen LogP contribution is -2.19. The maximum absolute atomic E-state index is 11.5. The first kappa shape index (κ1) is 13.0. The molecule has 0 aliphatic rings. The van der Waals surface area contributed by atoms with E-state index in [9.17, 15) is 4.79 Å². The smallest absolute Gasteiger partial charge is 0.319 e. The van der Waals surface area contributed by atoms with E-state index in [1.54, 1.807) is 18.0 Å². The lowest BCUT2D eigenvalue weighted by Gasteiger charge is -2.12. The minimum Gasteiger partial charge on any atom is -0.465 e. The molecule has 0 radical (unpaired) electrons. The Balaban J connectivity index is 2.43. The number of pyridine rings is 1. The predicted molar refractivity (Wildman–Crippen MR) is 66.2 cm³/mol. The minimum absolute atomic E-state index is 0.0693. The Morgan fingerprint density at radius 2 is 2.38 bits per heavy atom. The number of carbonyl (C=O) groups is 1. The van der Waals surface area contributed by atoms with Gasteiger partial charge in [0.25, 0.3) is 0 Å². The van der Waals surface area contributed by atoms with E-state index in [0.717, 1.165) is 17.7 Å². The van der Waals surface area contributed by atoms with Crippen LogP contribution >= 0.6 is 11.8 Å². The number of hydrogen-bond donors (Lipinski definition) is 0. The van der Waals surface area contributed by atoms with Crippen LogP contribution in [0.4, 0.5) is 0 Å². The van der Waals surface area contributed by atoms with Gasteiger partial charge in [-0.3, -0.25) is 9.78 Å². The van der Waals surface area contributed by atoms with Crippen molar-refractivity contribution in [1.29, 1.82) is 0 Å². The van der Waals surface area contributed by atoms with Crippen molar-refractivity contribution in [3.05, 3.63) is 30.1 Å². The molecule has 88 valence electrons. The summed E-state index contributed by atoms with van der Waals surface area (Å²) in [4.78, 5) is 15.6. The predicted octanol–water partition coefficient (Wildman–Crippen LogP) is 2.66. The molecular formula is C12H17NO2S. The van der Waals surface area contributed by atoms with E-state index in [0.29, 0.717) is 6.61 Å². The molecule has 0 unspecified atom stereocenters. The van der Waals surface area contributed by atoms with Crippen LogP contribution in [0.3, 0.4) is 0 Å². The second-order valence-corrected chi connectivity index (χ2v) is 4.51.